The third-order valence-corrected chi connectivity index (χ3v) is 6.32. The van der Waals surface area contributed by atoms with Crippen LogP contribution in [-0.4, -0.2) is 49.7 Å². The third kappa shape index (κ3) is 3.70. The van der Waals surface area contributed by atoms with E-state index < -0.39 is 32.4 Å². The molecular formula is C18H17F3N2O3S. The summed E-state index contributed by atoms with van der Waals surface area (Å²) in [7, 11) is -4.34. The second-order valence-electron chi connectivity index (χ2n) is 6.24. The molecule has 1 saturated heterocycles. The van der Waals surface area contributed by atoms with Crippen LogP contribution in [0.4, 0.5) is 13.2 Å². The largest absolute Gasteiger partial charge is 0.336 e. The average molecular weight is 398 g/mol. The second kappa shape index (κ2) is 7.32. The number of hydrogen-bond donors (Lipinski definition) is 0. The zero-order chi connectivity index (χ0) is 19.8. The molecule has 144 valence electrons. The van der Waals surface area contributed by atoms with Gasteiger partial charge < -0.3 is 4.90 Å². The molecule has 27 heavy (non-hydrogen) atoms. The van der Waals surface area contributed by atoms with E-state index >= 15 is 0 Å². The van der Waals surface area contributed by atoms with Gasteiger partial charge in [-0.2, -0.15) is 4.31 Å². The van der Waals surface area contributed by atoms with Gasteiger partial charge in [0.25, 0.3) is 5.91 Å². The van der Waals surface area contributed by atoms with Crippen LogP contribution in [0, 0.1) is 24.4 Å². The van der Waals surface area contributed by atoms with Crippen molar-refractivity contribution in [3.8, 4) is 0 Å². The Morgan fingerprint density at radius 3 is 2.26 bits per heavy atom. The lowest BCUT2D eigenvalue weighted by Crippen LogP contribution is -2.50. The molecule has 0 saturated carbocycles. The predicted octanol–water partition coefficient (Wildman–Crippen LogP) is 2.56. The van der Waals surface area contributed by atoms with Crippen molar-refractivity contribution in [2.45, 2.75) is 11.8 Å². The number of carbonyl (C=O) groups excluding carboxylic acids is 1. The summed E-state index contributed by atoms with van der Waals surface area (Å²) >= 11 is 0. The molecule has 0 bridgehead atoms. The van der Waals surface area contributed by atoms with Crippen LogP contribution in [0.3, 0.4) is 0 Å². The highest BCUT2D eigenvalue weighted by atomic mass is 32.2. The van der Waals surface area contributed by atoms with Gasteiger partial charge in [0.15, 0.2) is 17.5 Å². The number of rotatable bonds is 3. The summed E-state index contributed by atoms with van der Waals surface area (Å²) in [4.78, 5) is 13.1. The zero-order valence-corrected chi connectivity index (χ0v) is 15.3. The van der Waals surface area contributed by atoms with E-state index in [1.807, 2.05) is 13.0 Å². The van der Waals surface area contributed by atoms with E-state index in [0.29, 0.717) is 17.7 Å². The van der Waals surface area contributed by atoms with Gasteiger partial charge in [0, 0.05) is 31.7 Å². The van der Waals surface area contributed by atoms with E-state index in [2.05, 4.69) is 0 Å². The van der Waals surface area contributed by atoms with Crippen molar-refractivity contribution in [2.75, 3.05) is 26.2 Å². The van der Waals surface area contributed by atoms with E-state index in [0.717, 1.165) is 9.87 Å². The van der Waals surface area contributed by atoms with E-state index in [9.17, 15) is 26.4 Å². The Labute approximate surface area is 155 Å². The van der Waals surface area contributed by atoms with Gasteiger partial charge >= 0.3 is 0 Å². The first kappa shape index (κ1) is 19.4. The fraction of sp³-hybridized carbons (Fsp3) is 0.278. The van der Waals surface area contributed by atoms with Gasteiger partial charge in [-0.1, -0.05) is 17.7 Å². The number of sulfonamides is 1. The maximum absolute atomic E-state index is 13.9. The van der Waals surface area contributed by atoms with Crippen LogP contribution < -0.4 is 0 Å². The van der Waals surface area contributed by atoms with Crippen molar-refractivity contribution in [1.82, 2.24) is 9.21 Å². The maximum atomic E-state index is 13.9. The fourth-order valence-electron chi connectivity index (χ4n) is 2.94. The van der Waals surface area contributed by atoms with E-state index in [-0.39, 0.29) is 32.1 Å². The normalized spacial score (nSPS) is 15.8. The Kier molecular flexibility index (Phi) is 5.25. The Morgan fingerprint density at radius 1 is 0.963 bits per heavy atom. The molecule has 1 aliphatic rings. The van der Waals surface area contributed by atoms with Gasteiger partial charge in [-0.25, -0.2) is 21.6 Å². The van der Waals surface area contributed by atoms with E-state index in [1.54, 1.807) is 18.2 Å². The average Bonchev–Trinajstić information content (AvgIpc) is 2.65. The third-order valence-electron chi connectivity index (χ3n) is 4.41. The molecule has 0 atom stereocenters. The molecule has 1 heterocycles. The summed E-state index contributed by atoms with van der Waals surface area (Å²) < 4.78 is 66.4. The first-order valence-electron chi connectivity index (χ1n) is 8.21. The standard InChI is InChI=1S/C18H17F3N2O3S/c1-12-3-2-4-13(11-12)18(24)22-7-9-23(10-8-22)27(25,26)15-6-5-14(19)16(20)17(15)21/h2-6,11H,7-10H2,1H3. The SMILES string of the molecule is Cc1cccc(C(=O)N2CCN(S(=O)(=O)c3ccc(F)c(F)c3F)CC2)c1. The summed E-state index contributed by atoms with van der Waals surface area (Å²) in [5.41, 5.74) is 1.42. The smallest absolute Gasteiger partial charge is 0.253 e. The molecule has 1 aliphatic heterocycles. The number of hydrogen-bond acceptors (Lipinski definition) is 3. The highest BCUT2D eigenvalue weighted by Crippen LogP contribution is 2.24. The van der Waals surface area contributed by atoms with Crippen LogP contribution in [0.15, 0.2) is 41.3 Å². The van der Waals surface area contributed by atoms with Gasteiger partial charge in [-0.05, 0) is 31.2 Å². The molecule has 0 radical (unpaired) electrons. The van der Waals surface area contributed by atoms with E-state index in [1.165, 1.54) is 4.90 Å². The highest BCUT2D eigenvalue weighted by molar-refractivity contribution is 7.89. The van der Waals surface area contributed by atoms with Crippen molar-refractivity contribution < 1.29 is 26.4 Å². The number of benzene rings is 2. The predicted molar refractivity (Wildman–Crippen MR) is 92.2 cm³/mol. The highest BCUT2D eigenvalue weighted by Gasteiger charge is 2.33. The van der Waals surface area contributed by atoms with Gasteiger partial charge in [0.2, 0.25) is 10.0 Å². The van der Waals surface area contributed by atoms with E-state index in [4.69, 9.17) is 0 Å². The quantitative estimate of drug-likeness (QED) is 0.747. The van der Waals surface area contributed by atoms with Gasteiger partial charge in [-0.3, -0.25) is 4.79 Å². The molecule has 0 N–H and O–H groups in total. The second-order valence-corrected chi connectivity index (χ2v) is 8.15. The Morgan fingerprint density at radius 2 is 1.63 bits per heavy atom. The minimum atomic E-state index is -4.34. The van der Waals surface area contributed by atoms with Crippen molar-refractivity contribution >= 4 is 15.9 Å². The van der Waals surface area contributed by atoms with Crippen molar-refractivity contribution in [3.05, 3.63) is 65.0 Å². The van der Waals surface area contributed by atoms with Crippen LogP contribution in [0.1, 0.15) is 15.9 Å². The molecule has 0 spiro atoms. The molecule has 0 aliphatic carbocycles. The summed E-state index contributed by atoms with van der Waals surface area (Å²) in [6.07, 6.45) is 0. The van der Waals surface area contributed by atoms with Gasteiger partial charge in [-0.15, -0.1) is 0 Å². The molecule has 1 amide bonds. The van der Waals surface area contributed by atoms with Crippen molar-refractivity contribution in [1.29, 1.82) is 0 Å². The first-order valence-corrected chi connectivity index (χ1v) is 9.65. The summed E-state index contributed by atoms with van der Waals surface area (Å²) in [6, 6.07) is 8.31. The minimum Gasteiger partial charge on any atom is -0.336 e. The number of halogens is 3. The number of aryl methyl sites for hydroxylation is 1. The van der Waals surface area contributed by atoms with Crippen LogP contribution in [-0.2, 0) is 10.0 Å². The van der Waals surface area contributed by atoms with Gasteiger partial charge in [0.05, 0.1) is 0 Å². The summed E-state index contributed by atoms with van der Waals surface area (Å²) in [6.45, 7) is 1.93. The lowest BCUT2D eigenvalue weighted by atomic mass is 10.1. The number of piperazine rings is 1. The molecule has 3 rings (SSSR count). The molecular weight excluding hydrogens is 381 g/mol. The van der Waals surface area contributed by atoms with Crippen molar-refractivity contribution in [3.63, 3.8) is 0 Å². The monoisotopic (exact) mass is 398 g/mol. The molecule has 0 unspecified atom stereocenters. The summed E-state index contributed by atoms with van der Waals surface area (Å²) in [5.74, 6) is -5.26. The first-order chi connectivity index (χ1) is 12.7. The molecule has 1 fully saturated rings. The Bertz CT molecular complexity index is 987. The van der Waals surface area contributed by atoms with Crippen LogP contribution in [0.25, 0.3) is 0 Å². The Balaban J connectivity index is 1.75. The van der Waals surface area contributed by atoms with Crippen LogP contribution in [0.2, 0.25) is 0 Å². The Hall–Kier alpha value is -2.39. The van der Waals surface area contributed by atoms with Crippen LogP contribution >= 0.6 is 0 Å². The maximum Gasteiger partial charge on any atom is 0.253 e. The molecule has 9 heteroatoms. The molecule has 2 aromatic carbocycles. The molecule has 0 aromatic heterocycles. The zero-order valence-electron chi connectivity index (χ0n) is 14.5. The lowest BCUT2D eigenvalue weighted by molar-refractivity contribution is 0.0697. The number of nitrogens with zero attached hydrogens (tertiary/aromatic N) is 2. The van der Waals surface area contributed by atoms with Gasteiger partial charge in [0.1, 0.15) is 4.90 Å². The molecule has 2 aromatic rings. The molecule has 5 nitrogen and oxygen atoms in total. The topological polar surface area (TPSA) is 57.7 Å². The van der Waals surface area contributed by atoms with Crippen molar-refractivity contribution in [2.24, 2.45) is 0 Å². The number of carbonyl (C=O) groups is 1. The van der Waals surface area contributed by atoms with Crippen LogP contribution in [0.5, 0.6) is 0 Å². The minimum absolute atomic E-state index is 0.0711. The fourth-order valence-corrected chi connectivity index (χ4v) is 4.42. The summed E-state index contributed by atoms with van der Waals surface area (Å²) in [5, 5.41) is 0. The lowest BCUT2D eigenvalue weighted by Gasteiger charge is -2.34. The number of amides is 1.